The standard InChI is InChI=1S/C25H27ClN2O4S2/c1-23(2,3)32-22(29)25(15-24(25,16-27)18-7-5-4-6-8-18)28-34(30,31)21-14-13-20(33-21)17-9-11-19(26)12-10-17/h4-14,28H,15-16,27H2,1-3H3. The van der Waals surface area contributed by atoms with Crippen molar-refractivity contribution in [1.29, 1.82) is 0 Å². The van der Waals surface area contributed by atoms with Gasteiger partial charge in [0, 0.05) is 21.9 Å². The Bertz CT molecular complexity index is 1300. The summed E-state index contributed by atoms with van der Waals surface area (Å²) in [6.07, 6.45) is 0.212. The average molecular weight is 519 g/mol. The van der Waals surface area contributed by atoms with Crippen molar-refractivity contribution >= 4 is 38.9 Å². The lowest BCUT2D eigenvalue weighted by Crippen LogP contribution is -2.52. The van der Waals surface area contributed by atoms with Crippen LogP contribution in [0.1, 0.15) is 32.8 Å². The monoisotopic (exact) mass is 518 g/mol. The summed E-state index contributed by atoms with van der Waals surface area (Å²) in [6, 6.07) is 19.7. The fourth-order valence-electron chi connectivity index (χ4n) is 4.20. The second-order valence-corrected chi connectivity index (χ2v) is 12.9. The molecule has 1 aliphatic carbocycles. The molecule has 0 radical (unpaired) electrons. The molecule has 0 spiro atoms. The number of ether oxygens (including phenoxy) is 1. The number of esters is 1. The van der Waals surface area contributed by atoms with Crippen molar-refractivity contribution in [2.75, 3.05) is 6.54 Å². The van der Waals surface area contributed by atoms with Crippen LogP contribution in [0.4, 0.5) is 0 Å². The van der Waals surface area contributed by atoms with Crippen molar-refractivity contribution in [2.45, 2.75) is 48.0 Å². The van der Waals surface area contributed by atoms with Crippen LogP contribution in [0.15, 0.2) is 70.9 Å². The minimum atomic E-state index is -4.05. The van der Waals surface area contributed by atoms with E-state index in [-0.39, 0.29) is 17.2 Å². The highest BCUT2D eigenvalue weighted by Crippen LogP contribution is 2.58. The molecule has 0 amide bonds. The maximum atomic E-state index is 13.5. The van der Waals surface area contributed by atoms with Crippen LogP contribution in [0, 0.1) is 0 Å². The van der Waals surface area contributed by atoms with Crippen molar-refractivity contribution in [3.63, 3.8) is 0 Å². The van der Waals surface area contributed by atoms with E-state index >= 15 is 0 Å². The van der Waals surface area contributed by atoms with Gasteiger partial charge in [0.05, 0.1) is 0 Å². The quantitative estimate of drug-likeness (QED) is 0.441. The van der Waals surface area contributed by atoms with E-state index < -0.39 is 32.5 Å². The van der Waals surface area contributed by atoms with E-state index in [0.717, 1.165) is 27.3 Å². The summed E-state index contributed by atoms with van der Waals surface area (Å²) in [5.41, 5.74) is 4.62. The highest BCUT2D eigenvalue weighted by Gasteiger charge is 2.75. The van der Waals surface area contributed by atoms with Crippen molar-refractivity contribution in [3.8, 4) is 10.4 Å². The lowest BCUT2D eigenvalue weighted by Gasteiger charge is -2.28. The van der Waals surface area contributed by atoms with Crippen molar-refractivity contribution < 1.29 is 17.9 Å². The first-order valence-electron chi connectivity index (χ1n) is 10.8. The number of hydrogen-bond acceptors (Lipinski definition) is 6. The molecule has 2 unspecified atom stereocenters. The third kappa shape index (κ3) is 4.53. The Morgan fingerprint density at radius 2 is 1.74 bits per heavy atom. The van der Waals surface area contributed by atoms with Gasteiger partial charge in [0.25, 0.3) is 10.0 Å². The Morgan fingerprint density at radius 3 is 2.32 bits per heavy atom. The molecule has 1 heterocycles. The molecule has 1 fully saturated rings. The molecule has 0 bridgehead atoms. The van der Waals surface area contributed by atoms with Crippen LogP contribution in [-0.2, 0) is 25.0 Å². The molecule has 3 N–H and O–H groups in total. The van der Waals surface area contributed by atoms with Crippen molar-refractivity contribution in [3.05, 3.63) is 77.3 Å². The summed E-state index contributed by atoms with van der Waals surface area (Å²) in [4.78, 5) is 14.2. The topological polar surface area (TPSA) is 98.5 Å². The van der Waals surface area contributed by atoms with E-state index in [0.29, 0.717) is 5.02 Å². The Labute approximate surface area is 209 Å². The number of halogens is 1. The minimum absolute atomic E-state index is 0.0826. The first-order valence-corrected chi connectivity index (χ1v) is 13.5. The normalized spacial score (nSPS) is 22.4. The maximum absolute atomic E-state index is 13.5. The molecule has 1 aromatic heterocycles. The summed E-state index contributed by atoms with van der Waals surface area (Å²) < 4.78 is 35.5. The second-order valence-electron chi connectivity index (χ2n) is 9.47. The van der Waals surface area contributed by atoms with Gasteiger partial charge in [-0.25, -0.2) is 13.2 Å². The number of hydrogen-bond donors (Lipinski definition) is 2. The fraction of sp³-hybridized carbons (Fsp3) is 0.320. The van der Waals surface area contributed by atoms with Gasteiger partial charge in [-0.1, -0.05) is 54.1 Å². The van der Waals surface area contributed by atoms with E-state index in [4.69, 9.17) is 22.1 Å². The van der Waals surface area contributed by atoms with Gasteiger partial charge in [-0.2, -0.15) is 4.72 Å². The zero-order valence-electron chi connectivity index (χ0n) is 19.2. The molecule has 1 aliphatic rings. The molecule has 34 heavy (non-hydrogen) atoms. The molecule has 4 rings (SSSR count). The van der Waals surface area contributed by atoms with Gasteiger partial charge in [0.15, 0.2) is 0 Å². The minimum Gasteiger partial charge on any atom is -0.459 e. The lowest BCUT2D eigenvalue weighted by atomic mass is 9.90. The van der Waals surface area contributed by atoms with Crippen LogP contribution in [-0.4, -0.2) is 32.1 Å². The highest BCUT2D eigenvalue weighted by molar-refractivity contribution is 7.91. The first kappa shape index (κ1) is 24.9. The van der Waals surface area contributed by atoms with Gasteiger partial charge in [-0.05, 0) is 62.6 Å². The van der Waals surface area contributed by atoms with E-state index in [2.05, 4.69) is 4.72 Å². The van der Waals surface area contributed by atoms with Gasteiger partial charge in [0.2, 0.25) is 0 Å². The van der Waals surface area contributed by atoms with E-state index in [9.17, 15) is 13.2 Å². The highest BCUT2D eigenvalue weighted by atomic mass is 35.5. The zero-order valence-corrected chi connectivity index (χ0v) is 21.6. The van der Waals surface area contributed by atoms with Crippen LogP contribution in [0.25, 0.3) is 10.4 Å². The maximum Gasteiger partial charge on any atom is 0.328 e. The SMILES string of the molecule is CC(C)(C)OC(=O)C1(NS(=O)(=O)c2ccc(-c3ccc(Cl)cc3)s2)CC1(CN)c1ccccc1. The van der Waals surface area contributed by atoms with E-state index in [1.165, 1.54) is 6.07 Å². The Morgan fingerprint density at radius 1 is 1.09 bits per heavy atom. The Kier molecular flexibility index (Phi) is 6.42. The molecule has 6 nitrogen and oxygen atoms in total. The molecule has 0 saturated heterocycles. The van der Waals surface area contributed by atoms with Crippen molar-refractivity contribution in [1.82, 2.24) is 4.72 Å². The smallest absolute Gasteiger partial charge is 0.328 e. The molecule has 9 heteroatoms. The van der Waals surface area contributed by atoms with E-state index in [1.54, 1.807) is 39.0 Å². The van der Waals surface area contributed by atoms with Crippen LogP contribution in [0.3, 0.4) is 0 Å². The van der Waals surface area contributed by atoms with E-state index in [1.807, 2.05) is 42.5 Å². The number of carbonyl (C=O) groups is 1. The average Bonchev–Trinajstić information content (AvgIpc) is 3.16. The zero-order chi connectivity index (χ0) is 24.8. The van der Waals surface area contributed by atoms with Crippen LogP contribution in [0.5, 0.6) is 0 Å². The molecular weight excluding hydrogens is 492 g/mol. The molecule has 3 aromatic rings. The number of nitrogens with one attached hydrogen (secondary N) is 1. The van der Waals surface area contributed by atoms with Crippen molar-refractivity contribution in [2.24, 2.45) is 5.73 Å². The number of rotatable bonds is 7. The first-order chi connectivity index (χ1) is 15.9. The van der Waals surface area contributed by atoms with Gasteiger partial charge in [-0.15, -0.1) is 11.3 Å². The number of carbonyl (C=O) groups excluding carboxylic acids is 1. The van der Waals surface area contributed by atoms with Crippen LogP contribution < -0.4 is 10.5 Å². The third-order valence-electron chi connectivity index (χ3n) is 5.96. The van der Waals surface area contributed by atoms with Gasteiger partial charge < -0.3 is 10.5 Å². The number of thiophene rings is 1. The predicted octanol–water partition coefficient (Wildman–Crippen LogP) is 4.73. The fourth-order valence-corrected chi connectivity index (χ4v) is 7.06. The molecule has 0 aliphatic heterocycles. The van der Waals surface area contributed by atoms with Gasteiger partial charge >= 0.3 is 5.97 Å². The molecular formula is C25H27ClN2O4S2. The number of nitrogens with two attached hydrogens (primary N) is 1. The summed E-state index contributed by atoms with van der Waals surface area (Å²) in [5.74, 6) is -0.632. The summed E-state index contributed by atoms with van der Waals surface area (Å²) in [6.45, 7) is 5.33. The molecule has 2 atom stereocenters. The summed E-state index contributed by atoms with van der Waals surface area (Å²) in [7, 11) is -4.05. The Hall–Kier alpha value is -2.23. The number of sulfonamides is 1. The molecule has 2 aromatic carbocycles. The van der Waals surface area contributed by atoms with Gasteiger partial charge in [0.1, 0.15) is 15.3 Å². The predicted molar refractivity (Wildman–Crippen MR) is 135 cm³/mol. The molecule has 180 valence electrons. The van der Waals surface area contributed by atoms with Crippen LogP contribution in [0.2, 0.25) is 5.02 Å². The second kappa shape index (κ2) is 8.77. The molecule has 1 saturated carbocycles. The Balaban J connectivity index is 1.71. The van der Waals surface area contributed by atoms with Gasteiger partial charge in [-0.3, -0.25) is 0 Å². The van der Waals surface area contributed by atoms with Crippen LogP contribution >= 0.6 is 22.9 Å². The largest absolute Gasteiger partial charge is 0.459 e. The summed E-state index contributed by atoms with van der Waals surface area (Å²) in [5, 5.41) is 0.599. The number of benzene rings is 2. The lowest BCUT2D eigenvalue weighted by molar-refractivity contribution is -0.159. The third-order valence-corrected chi connectivity index (χ3v) is 9.34. The summed E-state index contributed by atoms with van der Waals surface area (Å²) >= 11 is 7.09.